The number of aryl methyl sites for hydroxylation is 1. The zero-order chi connectivity index (χ0) is 21.8. The lowest BCUT2D eigenvalue weighted by Crippen LogP contribution is -2.30. The fourth-order valence-corrected chi connectivity index (χ4v) is 3.62. The molecule has 0 fully saturated rings. The highest BCUT2D eigenvalue weighted by Crippen LogP contribution is 2.22. The average Bonchev–Trinajstić information content (AvgIpc) is 3.14. The molecule has 1 amide bonds. The summed E-state index contributed by atoms with van der Waals surface area (Å²) in [5.74, 6) is 0.233. The number of ether oxygens (including phenoxy) is 1. The highest BCUT2D eigenvalue weighted by Gasteiger charge is 2.20. The maximum absolute atomic E-state index is 13.0. The molecule has 0 radical (unpaired) electrons. The van der Waals surface area contributed by atoms with Crippen LogP contribution in [0.3, 0.4) is 0 Å². The molecule has 3 aromatic carbocycles. The summed E-state index contributed by atoms with van der Waals surface area (Å²) in [5, 5.41) is 3.12. The summed E-state index contributed by atoms with van der Waals surface area (Å²) < 4.78 is 6.77. The second-order valence-corrected chi connectivity index (χ2v) is 7.29. The van der Waals surface area contributed by atoms with Gasteiger partial charge in [0.2, 0.25) is 0 Å². The third-order valence-electron chi connectivity index (χ3n) is 5.34. The van der Waals surface area contributed by atoms with Crippen LogP contribution in [-0.2, 0) is 18.2 Å². The Labute approximate surface area is 180 Å². The van der Waals surface area contributed by atoms with Crippen molar-refractivity contribution in [2.45, 2.75) is 12.5 Å². The number of methoxy groups -OCH3 is 1. The smallest absolute Gasteiger partial charge is 0.337 e. The van der Waals surface area contributed by atoms with E-state index in [0.29, 0.717) is 17.5 Å². The standard InChI is InChI=1S/C25H23N3O3/c1-28-22-11-7-6-10-20(22)26-23(28)16-21(17-8-4-3-5-9-17)27-24(29)18-12-14-19(15-13-18)25(30)31-2/h3-15,21H,16H2,1-2H3,(H,27,29)/t21-/m1/s1. The molecule has 1 aromatic heterocycles. The molecule has 0 aliphatic heterocycles. The summed E-state index contributed by atoms with van der Waals surface area (Å²) in [4.78, 5) is 29.4. The van der Waals surface area contributed by atoms with Crippen LogP contribution in [-0.4, -0.2) is 28.5 Å². The molecule has 0 saturated heterocycles. The summed E-state index contributed by atoms with van der Waals surface area (Å²) >= 11 is 0. The van der Waals surface area contributed by atoms with Crippen LogP contribution in [0.25, 0.3) is 11.0 Å². The maximum Gasteiger partial charge on any atom is 0.337 e. The zero-order valence-electron chi connectivity index (χ0n) is 17.4. The second-order valence-electron chi connectivity index (χ2n) is 7.29. The molecule has 6 heteroatoms. The van der Waals surface area contributed by atoms with Crippen molar-refractivity contribution in [2.24, 2.45) is 7.05 Å². The van der Waals surface area contributed by atoms with E-state index in [0.717, 1.165) is 22.4 Å². The Morgan fingerprint density at radius 2 is 1.58 bits per heavy atom. The molecule has 0 bridgehead atoms. The van der Waals surface area contributed by atoms with E-state index in [1.54, 1.807) is 24.3 Å². The van der Waals surface area contributed by atoms with Crippen molar-refractivity contribution in [3.8, 4) is 0 Å². The molecular weight excluding hydrogens is 390 g/mol. The quantitative estimate of drug-likeness (QED) is 0.484. The van der Waals surface area contributed by atoms with Crippen LogP contribution in [0.4, 0.5) is 0 Å². The van der Waals surface area contributed by atoms with Gasteiger partial charge < -0.3 is 14.6 Å². The number of para-hydroxylation sites is 2. The summed E-state index contributed by atoms with van der Waals surface area (Å²) in [6, 6.07) is 24.0. The number of amides is 1. The minimum atomic E-state index is -0.434. The number of esters is 1. The van der Waals surface area contributed by atoms with Crippen molar-refractivity contribution in [3.05, 3.63) is 101 Å². The van der Waals surface area contributed by atoms with E-state index >= 15 is 0 Å². The molecule has 1 atom stereocenters. The van der Waals surface area contributed by atoms with Crippen molar-refractivity contribution in [1.29, 1.82) is 0 Å². The van der Waals surface area contributed by atoms with E-state index < -0.39 is 5.97 Å². The molecule has 4 rings (SSSR count). The van der Waals surface area contributed by atoms with E-state index in [-0.39, 0.29) is 11.9 Å². The lowest BCUT2D eigenvalue weighted by Gasteiger charge is -2.19. The van der Waals surface area contributed by atoms with Crippen molar-refractivity contribution in [3.63, 3.8) is 0 Å². The van der Waals surface area contributed by atoms with Crippen LogP contribution in [0.2, 0.25) is 0 Å². The molecule has 0 saturated carbocycles. The van der Waals surface area contributed by atoms with E-state index in [2.05, 4.69) is 9.88 Å². The molecule has 156 valence electrons. The molecule has 0 spiro atoms. The molecular formula is C25H23N3O3. The highest BCUT2D eigenvalue weighted by atomic mass is 16.5. The molecule has 0 aliphatic carbocycles. The lowest BCUT2D eigenvalue weighted by atomic mass is 10.0. The molecule has 31 heavy (non-hydrogen) atoms. The molecule has 4 aromatic rings. The number of rotatable bonds is 6. The van der Waals surface area contributed by atoms with E-state index in [1.807, 2.05) is 61.6 Å². The first-order valence-corrected chi connectivity index (χ1v) is 10.0. The molecule has 0 aliphatic rings. The number of imidazole rings is 1. The number of nitrogens with one attached hydrogen (secondary N) is 1. The Hall–Kier alpha value is -3.93. The first kappa shape index (κ1) is 20.3. The fourth-order valence-electron chi connectivity index (χ4n) is 3.62. The number of carbonyl (C=O) groups excluding carboxylic acids is 2. The predicted molar refractivity (Wildman–Crippen MR) is 119 cm³/mol. The number of benzene rings is 3. The van der Waals surface area contributed by atoms with Gasteiger partial charge in [-0.3, -0.25) is 4.79 Å². The van der Waals surface area contributed by atoms with Crippen LogP contribution in [0.5, 0.6) is 0 Å². The molecule has 6 nitrogen and oxygen atoms in total. The van der Waals surface area contributed by atoms with Crippen molar-refractivity contribution in [2.75, 3.05) is 7.11 Å². The second kappa shape index (κ2) is 8.83. The van der Waals surface area contributed by atoms with Gasteiger partial charge in [0.25, 0.3) is 5.91 Å². The predicted octanol–water partition coefficient (Wildman–Crippen LogP) is 4.07. The van der Waals surface area contributed by atoms with Gasteiger partial charge in [0.1, 0.15) is 5.82 Å². The van der Waals surface area contributed by atoms with Crippen molar-refractivity contribution < 1.29 is 14.3 Å². The van der Waals surface area contributed by atoms with Crippen molar-refractivity contribution in [1.82, 2.24) is 14.9 Å². The number of aromatic nitrogens is 2. The number of carbonyl (C=O) groups is 2. The van der Waals surface area contributed by atoms with E-state index in [4.69, 9.17) is 9.72 Å². The summed E-state index contributed by atoms with van der Waals surface area (Å²) in [6.07, 6.45) is 0.543. The van der Waals surface area contributed by atoms with E-state index in [9.17, 15) is 9.59 Å². The van der Waals surface area contributed by atoms with Gasteiger partial charge in [-0.15, -0.1) is 0 Å². The minimum Gasteiger partial charge on any atom is -0.465 e. The number of fused-ring (bicyclic) bond motifs is 1. The Balaban J connectivity index is 1.60. The zero-order valence-corrected chi connectivity index (χ0v) is 17.4. The summed E-state index contributed by atoms with van der Waals surface area (Å²) in [5.41, 5.74) is 3.84. The van der Waals surface area contributed by atoms with Crippen LogP contribution >= 0.6 is 0 Å². The van der Waals surface area contributed by atoms with Gasteiger partial charge in [0.15, 0.2) is 0 Å². The Morgan fingerprint density at radius 3 is 2.26 bits per heavy atom. The van der Waals surface area contributed by atoms with Gasteiger partial charge in [-0.1, -0.05) is 42.5 Å². The topological polar surface area (TPSA) is 73.2 Å². The van der Waals surface area contributed by atoms with Gasteiger partial charge in [0, 0.05) is 19.0 Å². The first-order valence-electron chi connectivity index (χ1n) is 10.0. The van der Waals surface area contributed by atoms with Crippen LogP contribution in [0.1, 0.15) is 38.1 Å². The third-order valence-corrected chi connectivity index (χ3v) is 5.34. The van der Waals surface area contributed by atoms with Gasteiger partial charge in [-0.25, -0.2) is 9.78 Å². The van der Waals surface area contributed by atoms with E-state index in [1.165, 1.54) is 7.11 Å². The number of nitrogens with zero attached hydrogens (tertiary/aromatic N) is 2. The normalized spacial score (nSPS) is 11.8. The Kier molecular flexibility index (Phi) is 5.80. The maximum atomic E-state index is 13.0. The third kappa shape index (κ3) is 4.33. The van der Waals surface area contributed by atoms with Gasteiger partial charge >= 0.3 is 5.97 Å². The Morgan fingerprint density at radius 1 is 0.935 bits per heavy atom. The van der Waals surface area contributed by atoms with Crippen LogP contribution < -0.4 is 5.32 Å². The number of hydrogen-bond acceptors (Lipinski definition) is 4. The van der Waals surface area contributed by atoms with Crippen LogP contribution in [0.15, 0.2) is 78.9 Å². The van der Waals surface area contributed by atoms with Gasteiger partial charge in [-0.2, -0.15) is 0 Å². The average molecular weight is 413 g/mol. The molecule has 1 heterocycles. The highest BCUT2D eigenvalue weighted by molar-refractivity contribution is 5.96. The van der Waals surface area contributed by atoms with Gasteiger partial charge in [0.05, 0.1) is 29.7 Å². The molecule has 0 unspecified atom stereocenters. The fraction of sp³-hybridized carbons (Fsp3) is 0.160. The largest absolute Gasteiger partial charge is 0.465 e. The van der Waals surface area contributed by atoms with Crippen molar-refractivity contribution >= 4 is 22.9 Å². The van der Waals surface area contributed by atoms with Gasteiger partial charge in [-0.05, 0) is 42.0 Å². The molecule has 1 N–H and O–H groups in total. The minimum absolute atomic E-state index is 0.218. The lowest BCUT2D eigenvalue weighted by molar-refractivity contribution is 0.0600. The van der Waals surface area contributed by atoms with Crippen LogP contribution in [0, 0.1) is 0 Å². The SMILES string of the molecule is COC(=O)c1ccc(C(=O)N[C@H](Cc2nc3ccccc3n2C)c2ccccc2)cc1. The summed E-state index contributed by atoms with van der Waals surface area (Å²) in [7, 11) is 3.31. The monoisotopic (exact) mass is 413 g/mol. The Bertz CT molecular complexity index is 1210. The summed E-state index contributed by atoms with van der Waals surface area (Å²) in [6.45, 7) is 0. The first-order chi connectivity index (χ1) is 15.1. The number of hydrogen-bond donors (Lipinski definition) is 1.